The van der Waals surface area contributed by atoms with E-state index < -0.39 is 0 Å². The number of rotatable bonds is 4. The Bertz CT molecular complexity index is 2450. The smallest absolute Gasteiger partial charge is 0.157 e. The van der Waals surface area contributed by atoms with Crippen molar-refractivity contribution in [2.75, 3.05) is 0 Å². The average molecular weight is 563 g/mol. The number of aromatic nitrogens is 4. The Labute approximate surface area is 253 Å². The summed E-state index contributed by atoms with van der Waals surface area (Å²) in [4.78, 5) is 16.6. The third kappa shape index (κ3) is 3.92. The lowest BCUT2D eigenvalue weighted by Gasteiger charge is -2.18. The number of imidazole rings is 1. The van der Waals surface area contributed by atoms with E-state index >= 15 is 0 Å². The van der Waals surface area contributed by atoms with E-state index in [9.17, 15) is 0 Å². The molecule has 4 heteroatoms. The zero-order valence-corrected chi connectivity index (χ0v) is 23.8. The van der Waals surface area contributed by atoms with Gasteiger partial charge in [-0.2, -0.15) is 0 Å². The molecule has 0 atom stereocenters. The lowest BCUT2D eigenvalue weighted by molar-refractivity contribution is 1.22. The van der Waals surface area contributed by atoms with Crippen LogP contribution < -0.4 is 0 Å². The molecule has 0 bridgehead atoms. The summed E-state index contributed by atoms with van der Waals surface area (Å²) in [5.74, 6) is 0.756. The van der Waals surface area contributed by atoms with E-state index in [1.54, 1.807) is 0 Å². The highest BCUT2D eigenvalue weighted by atomic mass is 15.0. The van der Waals surface area contributed by atoms with Gasteiger partial charge in [0.05, 0.1) is 22.4 Å². The normalized spacial score (nSPS) is 11.6. The summed E-state index contributed by atoms with van der Waals surface area (Å²) in [5, 5.41) is 7.43. The zero-order chi connectivity index (χ0) is 29.0. The molecule has 0 unspecified atom stereocenters. The second-order valence-corrected chi connectivity index (χ2v) is 11.2. The fraction of sp³-hybridized carbons (Fsp3) is 0. The molecule has 0 spiro atoms. The van der Waals surface area contributed by atoms with Gasteiger partial charge in [-0.3, -0.25) is 0 Å². The van der Waals surface area contributed by atoms with Crippen molar-refractivity contribution in [3.05, 3.63) is 146 Å². The monoisotopic (exact) mass is 562 g/mol. The molecule has 3 heterocycles. The Hall–Kier alpha value is -6.00. The minimum atomic E-state index is 0.756. The predicted molar refractivity (Wildman–Crippen MR) is 183 cm³/mol. The molecule has 0 amide bonds. The van der Waals surface area contributed by atoms with Crippen LogP contribution in [0.3, 0.4) is 0 Å². The van der Waals surface area contributed by atoms with Crippen molar-refractivity contribution >= 4 is 43.4 Å². The molecule has 0 saturated heterocycles. The molecule has 44 heavy (non-hydrogen) atoms. The number of H-pyrrole nitrogens is 2. The number of aromatic amines is 2. The van der Waals surface area contributed by atoms with Gasteiger partial charge in [0.1, 0.15) is 5.69 Å². The van der Waals surface area contributed by atoms with Gasteiger partial charge >= 0.3 is 0 Å². The molecule has 0 saturated carbocycles. The first-order valence-electron chi connectivity index (χ1n) is 14.8. The van der Waals surface area contributed by atoms with Gasteiger partial charge in [0, 0.05) is 6.20 Å². The van der Waals surface area contributed by atoms with Crippen LogP contribution in [0.4, 0.5) is 0 Å². The summed E-state index contributed by atoms with van der Waals surface area (Å²) in [6, 6.07) is 49.5. The number of nitrogens with one attached hydrogen (secondary N) is 2. The first kappa shape index (κ1) is 24.6. The van der Waals surface area contributed by atoms with Crippen molar-refractivity contribution in [1.82, 2.24) is 19.9 Å². The van der Waals surface area contributed by atoms with Crippen LogP contribution in [0.25, 0.3) is 88.5 Å². The van der Waals surface area contributed by atoms with Crippen LogP contribution in [-0.2, 0) is 0 Å². The van der Waals surface area contributed by atoms with Crippen LogP contribution in [0.1, 0.15) is 0 Å². The number of hydrogen-bond acceptors (Lipinski definition) is 2. The Kier molecular flexibility index (Phi) is 5.47. The van der Waals surface area contributed by atoms with Crippen LogP contribution in [0.5, 0.6) is 0 Å². The molecule has 4 nitrogen and oxygen atoms in total. The minimum absolute atomic E-state index is 0.756. The van der Waals surface area contributed by atoms with E-state index in [1.165, 1.54) is 49.0 Å². The van der Waals surface area contributed by atoms with Crippen LogP contribution in [0.2, 0.25) is 0 Å². The molecule has 9 rings (SSSR count). The van der Waals surface area contributed by atoms with E-state index in [-0.39, 0.29) is 0 Å². The zero-order valence-electron chi connectivity index (χ0n) is 23.8. The van der Waals surface area contributed by atoms with E-state index in [0.717, 1.165) is 39.5 Å². The maximum Gasteiger partial charge on any atom is 0.157 e. The van der Waals surface area contributed by atoms with E-state index in [2.05, 4.69) is 119 Å². The highest BCUT2D eigenvalue weighted by molar-refractivity contribution is 6.22. The van der Waals surface area contributed by atoms with Gasteiger partial charge in [0.25, 0.3) is 0 Å². The van der Waals surface area contributed by atoms with E-state index in [4.69, 9.17) is 9.97 Å². The van der Waals surface area contributed by atoms with Crippen LogP contribution in [0.15, 0.2) is 146 Å². The van der Waals surface area contributed by atoms with Gasteiger partial charge in [0.2, 0.25) is 0 Å². The number of fused-ring (bicyclic) bond motifs is 4. The number of nitrogens with zero attached hydrogens (tertiary/aromatic N) is 2. The summed E-state index contributed by atoms with van der Waals surface area (Å²) in [5.41, 5.74) is 9.43. The summed E-state index contributed by atoms with van der Waals surface area (Å²) >= 11 is 0. The Morgan fingerprint density at radius 1 is 0.455 bits per heavy atom. The maximum absolute atomic E-state index is 5.02. The van der Waals surface area contributed by atoms with E-state index in [0.29, 0.717) is 0 Å². The summed E-state index contributed by atoms with van der Waals surface area (Å²) in [6.07, 6.45) is 1.91. The molecule has 2 N–H and O–H groups in total. The number of pyridine rings is 1. The first-order chi connectivity index (χ1) is 21.8. The maximum atomic E-state index is 5.02. The topological polar surface area (TPSA) is 57.4 Å². The third-order valence-electron chi connectivity index (χ3n) is 8.61. The lowest BCUT2D eigenvalue weighted by Crippen LogP contribution is -1.91. The largest absolute Gasteiger partial charge is 0.360 e. The summed E-state index contributed by atoms with van der Waals surface area (Å²) in [7, 11) is 0. The summed E-state index contributed by atoms with van der Waals surface area (Å²) < 4.78 is 0. The third-order valence-corrected chi connectivity index (χ3v) is 8.61. The fourth-order valence-corrected chi connectivity index (χ4v) is 6.58. The number of benzene rings is 6. The molecular formula is C40H26N4. The van der Waals surface area contributed by atoms with Crippen LogP contribution in [0, 0.1) is 0 Å². The van der Waals surface area contributed by atoms with Crippen molar-refractivity contribution in [3.63, 3.8) is 0 Å². The molecule has 0 aliphatic carbocycles. The quantitative estimate of drug-likeness (QED) is 0.210. The standard InChI is InChI=1S/C40H26N4/c1-2-10-26-23-27(19-18-25(26)9-1)38-29-11-3-5-13-31(29)39(32-14-6-4-12-30(32)38)28-20-21-35-37(24-28)44-40(43-35)36-16-7-15-34(42-36)33-17-8-22-41-33/h1-24,41H,(H,43,44). The highest BCUT2D eigenvalue weighted by Gasteiger charge is 2.18. The second-order valence-electron chi connectivity index (χ2n) is 11.2. The van der Waals surface area contributed by atoms with Gasteiger partial charge < -0.3 is 9.97 Å². The van der Waals surface area contributed by atoms with Crippen molar-refractivity contribution in [2.24, 2.45) is 0 Å². The van der Waals surface area contributed by atoms with Crippen molar-refractivity contribution < 1.29 is 0 Å². The Morgan fingerprint density at radius 2 is 1.09 bits per heavy atom. The molecule has 0 fully saturated rings. The van der Waals surface area contributed by atoms with Gasteiger partial charge in [0.15, 0.2) is 5.82 Å². The second kappa shape index (κ2) is 9.79. The van der Waals surface area contributed by atoms with Crippen molar-refractivity contribution in [1.29, 1.82) is 0 Å². The van der Waals surface area contributed by atoms with Crippen molar-refractivity contribution in [2.45, 2.75) is 0 Å². The molecule has 9 aromatic rings. The molecule has 206 valence electrons. The van der Waals surface area contributed by atoms with Gasteiger partial charge in [-0.15, -0.1) is 0 Å². The lowest BCUT2D eigenvalue weighted by atomic mass is 9.85. The Balaban J connectivity index is 1.24. The first-order valence-corrected chi connectivity index (χ1v) is 14.8. The molecule has 6 aromatic carbocycles. The fourth-order valence-electron chi connectivity index (χ4n) is 6.58. The summed E-state index contributed by atoms with van der Waals surface area (Å²) in [6.45, 7) is 0. The average Bonchev–Trinajstić information content (AvgIpc) is 3.78. The van der Waals surface area contributed by atoms with Crippen LogP contribution >= 0.6 is 0 Å². The van der Waals surface area contributed by atoms with Gasteiger partial charge in [-0.1, -0.05) is 97.1 Å². The van der Waals surface area contributed by atoms with Crippen LogP contribution in [-0.4, -0.2) is 19.9 Å². The van der Waals surface area contributed by atoms with Gasteiger partial charge in [-0.05, 0) is 97.0 Å². The molecular weight excluding hydrogens is 536 g/mol. The molecule has 3 aromatic heterocycles. The van der Waals surface area contributed by atoms with Crippen molar-refractivity contribution in [3.8, 4) is 45.2 Å². The van der Waals surface area contributed by atoms with Gasteiger partial charge in [-0.25, -0.2) is 9.97 Å². The minimum Gasteiger partial charge on any atom is -0.360 e. The molecule has 0 aliphatic rings. The molecule has 0 aliphatic heterocycles. The predicted octanol–water partition coefficient (Wildman–Crippen LogP) is 10.4. The Morgan fingerprint density at radius 3 is 1.80 bits per heavy atom. The highest BCUT2D eigenvalue weighted by Crippen LogP contribution is 2.44. The number of hydrogen-bond donors (Lipinski definition) is 2. The van der Waals surface area contributed by atoms with E-state index in [1.807, 2.05) is 36.5 Å². The molecule has 0 radical (unpaired) electrons. The SMILES string of the molecule is c1cc(-c2ccc[nH]2)nc(-c2nc3cc(-c4c5ccccc5c(-c5ccc6ccccc6c5)c5ccccc45)ccc3[nH]2)c1.